The first-order chi connectivity index (χ1) is 10.5. The van der Waals surface area contributed by atoms with Gasteiger partial charge in [-0.05, 0) is 24.3 Å². The van der Waals surface area contributed by atoms with Gasteiger partial charge < -0.3 is 25.2 Å². The van der Waals surface area contributed by atoms with Crippen molar-refractivity contribution in [3.63, 3.8) is 0 Å². The second kappa shape index (κ2) is 5.72. The second-order valence-electron chi connectivity index (χ2n) is 4.43. The van der Waals surface area contributed by atoms with Crippen LogP contribution in [-0.2, 0) is 0 Å². The van der Waals surface area contributed by atoms with Crippen molar-refractivity contribution >= 4 is 33.3 Å². The van der Waals surface area contributed by atoms with Crippen molar-refractivity contribution in [1.29, 1.82) is 0 Å². The number of hydrogen-bond acceptors (Lipinski definition) is 4. The molecule has 114 valence electrons. The summed E-state index contributed by atoms with van der Waals surface area (Å²) in [5, 5.41) is 14.5. The molecule has 6 nitrogen and oxygen atoms in total. The van der Waals surface area contributed by atoms with Crippen LogP contribution in [0.2, 0.25) is 0 Å². The number of carbonyl (C=O) groups is 1. The van der Waals surface area contributed by atoms with Gasteiger partial charge in [-0.15, -0.1) is 0 Å². The smallest absolute Gasteiger partial charge is 0.323 e. The third-order valence-corrected chi connectivity index (χ3v) is 3.36. The van der Waals surface area contributed by atoms with E-state index >= 15 is 0 Å². The lowest BCUT2D eigenvalue weighted by Crippen LogP contribution is -2.19. The number of urea groups is 1. The summed E-state index contributed by atoms with van der Waals surface area (Å²) in [5.41, 5.74) is 0.418. The van der Waals surface area contributed by atoms with Crippen LogP contribution in [0.5, 0.6) is 17.2 Å². The summed E-state index contributed by atoms with van der Waals surface area (Å²) >= 11 is 3.08. The maximum absolute atomic E-state index is 13.4. The molecule has 0 saturated carbocycles. The highest BCUT2D eigenvalue weighted by Crippen LogP contribution is 2.34. The number of aromatic hydroxyl groups is 1. The average Bonchev–Trinajstić information content (AvgIpc) is 2.91. The zero-order valence-electron chi connectivity index (χ0n) is 11.0. The van der Waals surface area contributed by atoms with E-state index in [1.807, 2.05) is 0 Å². The molecule has 0 atom stereocenters. The lowest BCUT2D eigenvalue weighted by atomic mass is 10.2. The molecule has 1 heterocycles. The zero-order chi connectivity index (χ0) is 15.7. The standard InChI is InChI=1S/C14H10BrFN2O4/c15-7-3-9(16)13(19)10(4-7)18-14(20)17-8-1-2-11-12(5-8)22-6-21-11/h1-5,19H,6H2,(H2,17,18,20). The molecule has 0 radical (unpaired) electrons. The van der Waals surface area contributed by atoms with Crippen LogP contribution in [0.3, 0.4) is 0 Å². The summed E-state index contributed by atoms with van der Waals surface area (Å²) in [7, 11) is 0. The van der Waals surface area contributed by atoms with E-state index in [2.05, 4.69) is 26.6 Å². The number of benzene rings is 2. The van der Waals surface area contributed by atoms with Crippen LogP contribution in [0.1, 0.15) is 0 Å². The minimum atomic E-state index is -0.840. The van der Waals surface area contributed by atoms with Gasteiger partial charge in [-0.1, -0.05) is 15.9 Å². The third kappa shape index (κ3) is 2.91. The molecule has 0 fully saturated rings. The number of fused-ring (bicyclic) bond motifs is 1. The molecule has 0 saturated heterocycles. The van der Waals surface area contributed by atoms with Crippen molar-refractivity contribution in [3.05, 3.63) is 40.6 Å². The summed E-state index contributed by atoms with van der Waals surface area (Å²) in [6.45, 7) is 0.135. The van der Waals surface area contributed by atoms with E-state index in [1.165, 1.54) is 6.07 Å². The van der Waals surface area contributed by atoms with Crippen LogP contribution in [-0.4, -0.2) is 17.9 Å². The summed E-state index contributed by atoms with van der Waals surface area (Å²) < 4.78 is 24.1. The van der Waals surface area contributed by atoms with Crippen LogP contribution < -0.4 is 20.1 Å². The normalized spacial score (nSPS) is 12.1. The van der Waals surface area contributed by atoms with E-state index in [4.69, 9.17) is 9.47 Å². The van der Waals surface area contributed by atoms with Crippen LogP contribution in [0.4, 0.5) is 20.6 Å². The molecule has 2 aromatic rings. The summed E-state index contributed by atoms with van der Waals surface area (Å²) in [6, 6.07) is 6.74. The Morgan fingerprint density at radius 2 is 1.95 bits per heavy atom. The molecule has 1 aliphatic heterocycles. The Hall–Kier alpha value is -2.48. The van der Waals surface area contributed by atoms with Gasteiger partial charge in [0.25, 0.3) is 0 Å². The fourth-order valence-corrected chi connectivity index (χ4v) is 2.35. The van der Waals surface area contributed by atoms with Crippen molar-refractivity contribution in [2.75, 3.05) is 17.4 Å². The van der Waals surface area contributed by atoms with Crippen LogP contribution in [0.25, 0.3) is 0 Å². The van der Waals surface area contributed by atoms with Gasteiger partial charge in [0, 0.05) is 16.2 Å². The number of phenols is 1. The van der Waals surface area contributed by atoms with Crippen LogP contribution >= 0.6 is 15.9 Å². The Morgan fingerprint density at radius 3 is 2.77 bits per heavy atom. The Balaban J connectivity index is 1.73. The highest BCUT2D eigenvalue weighted by atomic mass is 79.9. The molecule has 3 rings (SSSR count). The van der Waals surface area contributed by atoms with Crippen molar-refractivity contribution < 1.29 is 23.8 Å². The first kappa shape index (κ1) is 14.5. The van der Waals surface area contributed by atoms with E-state index < -0.39 is 17.6 Å². The number of phenolic OH excluding ortho intramolecular Hbond substituents is 1. The first-order valence-electron chi connectivity index (χ1n) is 6.18. The minimum absolute atomic E-state index is 0.0508. The van der Waals surface area contributed by atoms with Gasteiger partial charge in [-0.25, -0.2) is 9.18 Å². The molecule has 8 heteroatoms. The number of hydrogen-bond donors (Lipinski definition) is 3. The van der Waals surface area contributed by atoms with Crippen molar-refractivity contribution in [2.45, 2.75) is 0 Å². The van der Waals surface area contributed by atoms with Gasteiger partial charge in [0.15, 0.2) is 23.1 Å². The van der Waals surface area contributed by atoms with E-state index in [9.17, 15) is 14.3 Å². The minimum Gasteiger partial charge on any atom is -0.503 e. The van der Waals surface area contributed by atoms with Gasteiger partial charge in [0.05, 0.1) is 5.69 Å². The fourth-order valence-electron chi connectivity index (χ4n) is 1.92. The fraction of sp³-hybridized carbons (Fsp3) is 0.0714. The van der Waals surface area contributed by atoms with E-state index in [0.717, 1.165) is 6.07 Å². The Morgan fingerprint density at radius 1 is 1.18 bits per heavy atom. The predicted octanol–water partition coefficient (Wildman–Crippen LogP) is 3.67. The van der Waals surface area contributed by atoms with E-state index in [1.54, 1.807) is 18.2 Å². The van der Waals surface area contributed by atoms with Gasteiger partial charge in [-0.2, -0.15) is 0 Å². The van der Waals surface area contributed by atoms with Crippen LogP contribution in [0, 0.1) is 5.82 Å². The number of nitrogens with one attached hydrogen (secondary N) is 2. The molecule has 2 aromatic carbocycles. The van der Waals surface area contributed by atoms with Crippen molar-refractivity contribution in [3.8, 4) is 17.2 Å². The van der Waals surface area contributed by atoms with Gasteiger partial charge in [0.1, 0.15) is 0 Å². The molecular formula is C14H10BrFN2O4. The molecule has 0 unspecified atom stereocenters. The van der Waals surface area contributed by atoms with E-state index in [-0.39, 0.29) is 12.5 Å². The van der Waals surface area contributed by atoms with Crippen LogP contribution in [0.15, 0.2) is 34.8 Å². The average molecular weight is 369 g/mol. The largest absolute Gasteiger partial charge is 0.503 e. The van der Waals surface area contributed by atoms with Crippen molar-refractivity contribution in [1.82, 2.24) is 0 Å². The predicted molar refractivity (Wildman–Crippen MR) is 81.0 cm³/mol. The summed E-state index contributed by atoms with van der Waals surface area (Å²) in [6.07, 6.45) is 0. The Kier molecular flexibility index (Phi) is 3.76. The molecule has 22 heavy (non-hydrogen) atoms. The molecular weight excluding hydrogens is 359 g/mol. The van der Waals surface area contributed by atoms with Gasteiger partial charge in [0.2, 0.25) is 6.79 Å². The Labute approximate surface area is 133 Å². The maximum atomic E-state index is 13.4. The lowest BCUT2D eigenvalue weighted by molar-refractivity contribution is 0.174. The summed E-state index contributed by atoms with van der Waals surface area (Å²) in [4.78, 5) is 11.9. The SMILES string of the molecule is O=C(Nc1ccc2c(c1)OCO2)Nc1cc(Br)cc(F)c1O. The monoisotopic (exact) mass is 368 g/mol. The molecule has 0 aliphatic carbocycles. The molecule has 1 aliphatic rings. The summed E-state index contributed by atoms with van der Waals surface area (Å²) in [5.74, 6) is -0.358. The lowest BCUT2D eigenvalue weighted by Gasteiger charge is -2.10. The highest BCUT2D eigenvalue weighted by Gasteiger charge is 2.15. The third-order valence-electron chi connectivity index (χ3n) is 2.91. The molecule has 3 N–H and O–H groups in total. The number of carbonyl (C=O) groups excluding carboxylic acids is 1. The Bertz CT molecular complexity index is 754. The first-order valence-corrected chi connectivity index (χ1v) is 6.98. The van der Waals surface area contributed by atoms with Gasteiger partial charge >= 0.3 is 6.03 Å². The number of amides is 2. The zero-order valence-corrected chi connectivity index (χ0v) is 12.6. The number of rotatable bonds is 2. The topological polar surface area (TPSA) is 79.8 Å². The highest BCUT2D eigenvalue weighted by molar-refractivity contribution is 9.10. The number of halogens is 2. The number of anilines is 2. The van der Waals surface area contributed by atoms with Crippen molar-refractivity contribution in [2.24, 2.45) is 0 Å². The van der Waals surface area contributed by atoms with E-state index in [0.29, 0.717) is 21.7 Å². The molecule has 2 amide bonds. The molecule has 0 bridgehead atoms. The van der Waals surface area contributed by atoms with Gasteiger partial charge in [-0.3, -0.25) is 0 Å². The maximum Gasteiger partial charge on any atom is 0.323 e. The number of ether oxygens (including phenoxy) is 2. The molecule has 0 aromatic heterocycles. The quantitative estimate of drug-likeness (QED) is 0.706. The molecule has 0 spiro atoms. The second-order valence-corrected chi connectivity index (χ2v) is 5.35.